The average Bonchev–Trinajstić information content (AvgIpc) is 3.30. The lowest BCUT2D eigenvalue weighted by atomic mass is 10.0. The molecule has 156 valence electrons. The number of hydrogen-bond donors (Lipinski definition) is 1. The maximum absolute atomic E-state index is 13.2. The molecule has 1 saturated heterocycles. The number of hydrogen-bond acceptors (Lipinski definition) is 4. The third-order valence-corrected chi connectivity index (χ3v) is 4.83. The van der Waals surface area contributed by atoms with Crippen molar-refractivity contribution in [2.45, 2.75) is 44.8 Å². The zero-order chi connectivity index (χ0) is 21.2. The smallest absolute Gasteiger partial charge is 0.416 e. The topological polar surface area (TPSA) is 75.4 Å². The minimum atomic E-state index is -4.51. The SMILES string of the molecule is CC(C)c1ocnc1C(=O)NC(CN1CCCC1=O)c1cccc(C(F)(F)F)c1. The highest BCUT2D eigenvalue weighted by molar-refractivity contribution is 5.93. The molecule has 2 heterocycles. The number of carbonyl (C=O) groups is 2. The molecule has 0 saturated carbocycles. The van der Waals surface area contributed by atoms with Crippen molar-refractivity contribution in [3.63, 3.8) is 0 Å². The van der Waals surface area contributed by atoms with Gasteiger partial charge in [0.15, 0.2) is 12.1 Å². The van der Waals surface area contributed by atoms with Crippen LogP contribution in [0.15, 0.2) is 35.1 Å². The van der Waals surface area contributed by atoms with Crippen LogP contribution in [0.25, 0.3) is 0 Å². The van der Waals surface area contributed by atoms with Crippen LogP contribution in [-0.4, -0.2) is 34.8 Å². The summed E-state index contributed by atoms with van der Waals surface area (Å²) in [4.78, 5) is 30.3. The second kappa shape index (κ2) is 8.26. The largest absolute Gasteiger partial charge is 0.447 e. The molecule has 1 aromatic carbocycles. The first-order valence-corrected chi connectivity index (χ1v) is 9.36. The van der Waals surface area contributed by atoms with Crippen LogP contribution >= 0.6 is 0 Å². The van der Waals surface area contributed by atoms with E-state index in [0.29, 0.717) is 25.1 Å². The third kappa shape index (κ3) is 4.78. The van der Waals surface area contributed by atoms with Crippen molar-refractivity contribution in [2.24, 2.45) is 0 Å². The van der Waals surface area contributed by atoms with Crippen LogP contribution < -0.4 is 5.32 Å². The summed E-state index contributed by atoms with van der Waals surface area (Å²) in [6, 6.07) is 3.95. The van der Waals surface area contributed by atoms with Gasteiger partial charge in [0.05, 0.1) is 11.6 Å². The molecule has 0 bridgehead atoms. The molecule has 0 aliphatic carbocycles. The lowest BCUT2D eigenvalue weighted by Gasteiger charge is -2.25. The molecule has 2 amide bonds. The summed E-state index contributed by atoms with van der Waals surface area (Å²) in [6.07, 6.45) is -2.27. The van der Waals surface area contributed by atoms with Gasteiger partial charge in [0.1, 0.15) is 5.76 Å². The summed E-state index contributed by atoms with van der Waals surface area (Å²) >= 11 is 0. The standard InChI is InChI=1S/C20H22F3N3O3/c1-12(2)18-17(24-11-29-18)19(28)25-15(10-26-8-4-7-16(26)27)13-5-3-6-14(9-13)20(21,22)23/h3,5-6,9,11-12,15H,4,7-8,10H2,1-2H3,(H,25,28). The van der Waals surface area contributed by atoms with E-state index >= 15 is 0 Å². The van der Waals surface area contributed by atoms with E-state index in [1.807, 2.05) is 13.8 Å². The molecule has 1 aliphatic heterocycles. The van der Waals surface area contributed by atoms with Crippen LogP contribution in [0, 0.1) is 0 Å². The zero-order valence-electron chi connectivity index (χ0n) is 16.1. The van der Waals surface area contributed by atoms with Crippen LogP contribution in [0.2, 0.25) is 0 Å². The van der Waals surface area contributed by atoms with Crippen molar-refractivity contribution in [3.8, 4) is 0 Å². The molecule has 1 unspecified atom stereocenters. The Kier molecular flexibility index (Phi) is 5.95. The highest BCUT2D eigenvalue weighted by Crippen LogP contribution is 2.31. The lowest BCUT2D eigenvalue weighted by Crippen LogP contribution is -2.39. The van der Waals surface area contributed by atoms with Gasteiger partial charge in [-0.15, -0.1) is 0 Å². The first-order valence-electron chi connectivity index (χ1n) is 9.36. The van der Waals surface area contributed by atoms with Gasteiger partial charge in [0.2, 0.25) is 5.91 Å². The van der Waals surface area contributed by atoms with Gasteiger partial charge in [-0.2, -0.15) is 13.2 Å². The summed E-state index contributed by atoms with van der Waals surface area (Å²) in [5.74, 6) is -0.343. The molecule has 6 nitrogen and oxygen atoms in total. The number of halogens is 3. The quantitative estimate of drug-likeness (QED) is 0.785. The van der Waals surface area contributed by atoms with Gasteiger partial charge in [-0.25, -0.2) is 4.98 Å². The second-order valence-corrected chi connectivity index (χ2v) is 7.31. The van der Waals surface area contributed by atoms with Crippen molar-refractivity contribution in [1.82, 2.24) is 15.2 Å². The Morgan fingerprint density at radius 1 is 1.34 bits per heavy atom. The lowest BCUT2D eigenvalue weighted by molar-refractivity contribution is -0.137. The number of rotatable bonds is 6. The van der Waals surface area contributed by atoms with E-state index in [1.54, 1.807) is 4.90 Å². The van der Waals surface area contributed by atoms with Crippen LogP contribution in [0.3, 0.4) is 0 Å². The zero-order valence-corrected chi connectivity index (χ0v) is 16.1. The first-order chi connectivity index (χ1) is 13.7. The minimum absolute atomic E-state index is 0.0828. The van der Waals surface area contributed by atoms with E-state index in [9.17, 15) is 22.8 Å². The van der Waals surface area contributed by atoms with Gasteiger partial charge in [0.25, 0.3) is 5.91 Å². The van der Waals surface area contributed by atoms with E-state index in [0.717, 1.165) is 18.5 Å². The van der Waals surface area contributed by atoms with Crippen molar-refractivity contribution >= 4 is 11.8 Å². The predicted octanol–water partition coefficient (Wildman–Crippen LogP) is 3.91. The van der Waals surface area contributed by atoms with Crippen molar-refractivity contribution in [2.75, 3.05) is 13.1 Å². The highest BCUT2D eigenvalue weighted by Gasteiger charge is 2.32. The molecule has 9 heteroatoms. The minimum Gasteiger partial charge on any atom is -0.447 e. The van der Waals surface area contributed by atoms with E-state index < -0.39 is 23.7 Å². The maximum Gasteiger partial charge on any atom is 0.416 e. The Labute approximate surface area is 166 Å². The Morgan fingerprint density at radius 2 is 2.10 bits per heavy atom. The van der Waals surface area contributed by atoms with Gasteiger partial charge >= 0.3 is 6.18 Å². The van der Waals surface area contributed by atoms with E-state index in [1.165, 1.54) is 12.1 Å². The average molecular weight is 409 g/mol. The molecule has 1 fully saturated rings. The van der Waals surface area contributed by atoms with Crippen LogP contribution in [0.1, 0.15) is 66.0 Å². The monoisotopic (exact) mass is 409 g/mol. The number of alkyl halides is 3. The summed E-state index contributed by atoms with van der Waals surface area (Å²) in [7, 11) is 0. The Balaban J connectivity index is 1.90. The number of nitrogens with one attached hydrogen (secondary N) is 1. The normalized spacial score (nSPS) is 15.8. The number of carbonyl (C=O) groups excluding carboxylic acids is 2. The fraction of sp³-hybridized carbons (Fsp3) is 0.450. The van der Waals surface area contributed by atoms with Gasteiger partial charge < -0.3 is 14.6 Å². The molecule has 2 aromatic rings. The molecular formula is C20H22F3N3O3. The van der Waals surface area contributed by atoms with E-state index in [2.05, 4.69) is 10.3 Å². The summed E-state index contributed by atoms with van der Waals surface area (Å²) in [5.41, 5.74) is -0.460. The molecule has 1 N–H and O–H groups in total. The van der Waals surface area contributed by atoms with Crippen molar-refractivity contribution in [1.29, 1.82) is 0 Å². The fourth-order valence-corrected chi connectivity index (χ4v) is 3.35. The molecule has 1 atom stereocenters. The Morgan fingerprint density at radius 3 is 2.72 bits per heavy atom. The molecule has 1 aromatic heterocycles. The third-order valence-electron chi connectivity index (χ3n) is 4.83. The van der Waals surface area contributed by atoms with Crippen molar-refractivity contribution < 1.29 is 27.2 Å². The van der Waals surface area contributed by atoms with Gasteiger partial charge in [0, 0.05) is 25.4 Å². The fourth-order valence-electron chi connectivity index (χ4n) is 3.35. The molecule has 0 spiro atoms. The second-order valence-electron chi connectivity index (χ2n) is 7.31. The number of likely N-dealkylation sites (tertiary alicyclic amines) is 1. The number of nitrogens with zero attached hydrogens (tertiary/aromatic N) is 2. The molecule has 1 aliphatic rings. The van der Waals surface area contributed by atoms with E-state index in [-0.39, 0.29) is 29.6 Å². The van der Waals surface area contributed by atoms with E-state index in [4.69, 9.17) is 4.42 Å². The molecule has 29 heavy (non-hydrogen) atoms. The summed E-state index contributed by atoms with van der Waals surface area (Å²) in [6.45, 7) is 4.26. The number of oxazole rings is 1. The highest BCUT2D eigenvalue weighted by atomic mass is 19.4. The van der Waals surface area contributed by atoms with Gasteiger partial charge in [-0.1, -0.05) is 26.0 Å². The molecule has 0 radical (unpaired) electrons. The number of benzene rings is 1. The maximum atomic E-state index is 13.2. The number of aromatic nitrogens is 1. The van der Waals surface area contributed by atoms with Crippen LogP contribution in [-0.2, 0) is 11.0 Å². The number of amides is 2. The summed E-state index contributed by atoms with van der Waals surface area (Å²) in [5, 5.41) is 2.73. The Hall–Kier alpha value is -2.84. The summed E-state index contributed by atoms with van der Waals surface area (Å²) < 4.78 is 44.7. The molecular weight excluding hydrogens is 387 g/mol. The Bertz CT molecular complexity index is 892. The van der Waals surface area contributed by atoms with Gasteiger partial charge in [-0.05, 0) is 24.1 Å². The predicted molar refractivity (Wildman–Crippen MR) is 98.1 cm³/mol. The first kappa shape index (κ1) is 20.9. The van der Waals surface area contributed by atoms with Crippen LogP contribution in [0.4, 0.5) is 13.2 Å². The molecule has 3 rings (SSSR count). The van der Waals surface area contributed by atoms with Crippen molar-refractivity contribution in [3.05, 3.63) is 53.2 Å². The van der Waals surface area contributed by atoms with Crippen LogP contribution in [0.5, 0.6) is 0 Å². The van der Waals surface area contributed by atoms with Gasteiger partial charge in [-0.3, -0.25) is 9.59 Å².